The molecule has 0 heterocycles. The summed E-state index contributed by atoms with van der Waals surface area (Å²) in [6, 6.07) is 0. The average molecular weight is 305 g/mol. The number of carbonyl (C=O) groups is 1. The zero-order valence-electron chi connectivity index (χ0n) is 14.4. The van der Waals surface area contributed by atoms with Gasteiger partial charge in [-0.2, -0.15) is 0 Å². The van der Waals surface area contributed by atoms with Crippen LogP contribution in [-0.4, -0.2) is 11.1 Å². The molecule has 1 aliphatic carbocycles. The predicted octanol–water partition coefficient (Wildman–Crippen LogP) is 5.60. The summed E-state index contributed by atoms with van der Waals surface area (Å²) in [4.78, 5) is 10.5. The van der Waals surface area contributed by atoms with Crippen LogP contribution in [0.1, 0.15) is 53.9 Å². The number of allylic oxidation sites excluding steroid dienone is 9. The number of rotatable bonds is 5. The predicted molar refractivity (Wildman–Crippen MR) is 93.8 cm³/mol. The third kappa shape index (κ3) is 5.88. The number of carboxylic acid groups (broad SMARTS) is 1. The quantitative estimate of drug-likeness (QED) is 0.407. The van der Waals surface area contributed by atoms with Gasteiger partial charge in [-0.05, 0) is 56.6 Å². The lowest BCUT2D eigenvalue weighted by atomic mass is 9.72. The number of carboxylic acids is 1. The van der Waals surface area contributed by atoms with Crippen molar-refractivity contribution in [3.8, 4) is 0 Å². The summed E-state index contributed by atoms with van der Waals surface area (Å²) in [6.07, 6.45) is 15.0. The Morgan fingerprint density at radius 2 is 1.86 bits per heavy atom. The molecule has 2 heteroatoms. The molecule has 1 aliphatic rings. The Labute approximate surface area is 134 Å². The Balaban J connectivity index is 2.79. The van der Waals surface area contributed by atoms with Crippen LogP contribution < -0.4 is 0 Å². The smallest absolute Gasteiger partial charge is 0.328 e. The molecule has 2 nitrogen and oxygen atoms in total. The maximum absolute atomic E-state index is 10.5. The molecule has 0 saturated carbocycles. The van der Waals surface area contributed by atoms with Crippen molar-refractivity contribution in [1.82, 2.24) is 0 Å². The molecule has 0 aromatic rings. The standard InChI is InChI=1S/C20H28O2/c1-15(8-6-9-16(2)14-19(21)22)11-12-18-17(3)10-7-13-20(18,4)5/h6,8-9,11-12,14H,7,10,13H2,1-5H3,(H,21,22)/b9-6+,12-11+,15-8-,16-14-/i2+1,9+1,14+1,16+1,19+1. The fraction of sp³-hybridized carbons (Fsp3) is 0.450. The lowest BCUT2D eigenvalue weighted by Crippen LogP contribution is -2.19. The Morgan fingerprint density at radius 1 is 1.18 bits per heavy atom. The Kier molecular flexibility index (Phi) is 6.61. The minimum absolute atomic E-state index is 0.260. The van der Waals surface area contributed by atoms with Crippen molar-refractivity contribution in [3.63, 3.8) is 0 Å². The van der Waals surface area contributed by atoms with Gasteiger partial charge in [-0.3, -0.25) is 0 Å². The van der Waals surface area contributed by atoms with Crippen molar-refractivity contribution in [3.05, 3.63) is 58.7 Å². The summed E-state index contributed by atoms with van der Waals surface area (Å²) in [5.41, 5.74) is 5.09. The largest absolute Gasteiger partial charge is 0.478 e. The molecule has 120 valence electrons. The lowest BCUT2D eigenvalue weighted by Gasteiger charge is -2.32. The summed E-state index contributed by atoms with van der Waals surface area (Å²) in [6.45, 7) is 10.7. The van der Waals surface area contributed by atoms with Gasteiger partial charge < -0.3 is 5.11 Å². The van der Waals surface area contributed by atoms with Crippen LogP contribution in [0.2, 0.25) is 0 Å². The van der Waals surface area contributed by atoms with Crippen LogP contribution in [0.5, 0.6) is 0 Å². The zero-order chi connectivity index (χ0) is 16.8. The van der Waals surface area contributed by atoms with Crippen molar-refractivity contribution in [2.24, 2.45) is 5.41 Å². The second-order valence-electron chi connectivity index (χ2n) is 6.76. The van der Waals surface area contributed by atoms with E-state index in [2.05, 4.69) is 39.8 Å². The summed E-state index contributed by atoms with van der Waals surface area (Å²) < 4.78 is 0. The molecule has 0 spiro atoms. The van der Waals surface area contributed by atoms with E-state index >= 15 is 0 Å². The highest BCUT2D eigenvalue weighted by Gasteiger charge is 2.26. The van der Waals surface area contributed by atoms with Crippen molar-refractivity contribution in [2.75, 3.05) is 0 Å². The van der Waals surface area contributed by atoms with Crippen LogP contribution in [0.15, 0.2) is 58.7 Å². The van der Waals surface area contributed by atoms with Gasteiger partial charge in [-0.1, -0.05) is 55.4 Å². The van der Waals surface area contributed by atoms with E-state index in [-0.39, 0.29) is 5.41 Å². The molecule has 1 rings (SSSR count). The van der Waals surface area contributed by atoms with Gasteiger partial charge in [0.25, 0.3) is 0 Å². The van der Waals surface area contributed by atoms with Crippen LogP contribution in [0.25, 0.3) is 0 Å². The van der Waals surface area contributed by atoms with E-state index < -0.39 is 5.97 Å². The molecule has 22 heavy (non-hydrogen) atoms. The highest BCUT2D eigenvalue weighted by molar-refractivity contribution is 5.81. The highest BCUT2D eigenvalue weighted by Crippen LogP contribution is 2.40. The Bertz CT molecular complexity index is 567. The van der Waals surface area contributed by atoms with Crippen LogP contribution >= 0.6 is 0 Å². The van der Waals surface area contributed by atoms with E-state index in [4.69, 9.17) is 5.11 Å². The normalized spacial score (nSPS) is 20.2. The molecule has 0 aliphatic heterocycles. The van der Waals surface area contributed by atoms with Gasteiger partial charge in [-0.25, -0.2) is 4.79 Å². The molecule has 0 amide bonds. The van der Waals surface area contributed by atoms with Crippen LogP contribution in [0.3, 0.4) is 0 Å². The maximum atomic E-state index is 10.5. The van der Waals surface area contributed by atoms with Crippen LogP contribution in [0, 0.1) is 5.41 Å². The number of hydrogen-bond acceptors (Lipinski definition) is 1. The molecular weight excluding hydrogens is 277 g/mol. The van der Waals surface area contributed by atoms with E-state index in [0.29, 0.717) is 0 Å². The maximum Gasteiger partial charge on any atom is 0.328 e. The first-order chi connectivity index (χ1) is 10.2. The molecule has 0 fully saturated rings. The van der Waals surface area contributed by atoms with Gasteiger partial charge in [0.15, 0.2) is 0 Å². The van der Waals surface area contributed by atoms with E-state index in [1.807, 2.05) is 12.2 Å². The minimum atomic E-state index is -0.912. The molecule has 0 saturated heterocycles. The third-order valence-corrected chi connectivity index (χ3v) is 4.12. The van der Waals surface area contributed by atoms with E-state index in [1.165, 1.54) is 36.5 Å². The summed E-state index contributed by atoms with van der Waals surface area (Å²) >= 11 is 0. The third-order valence-electron chi connectivity index (χ3n) is 4.12. The van der Waals surface area contributed by atoms with Crippen LogP contribution in [0.4, 0.5) is 0 Å². The molecule has 0 aromatic heterocycles. The summed E-state index contributed by atoms with van der Waals surface area (Å²) in [7, 11) is 0. The van der Waals surface area contributed by atoms with Gasteiger partial charge in [0.1, 0.15) is 0 Å². The Hall–Kier alpha value is -1.83. The van der Waals surface area contributed by atoms with Gasteiger partial charge in [-0.15, -0.1) is 0 Å². The van der Waals surface area contributed by atoms with Crippen molar-refractivity contribution >= 4 is 5.97 Å². The zero-order valence-corrected chi connectivity index (χ0v) is 14.4. The van der Waals surface area contributed by atoms with Gasteiger partial charge in [0.05, 0.1) is 0 Å². The van der Waals surface area contributed by atoms with E-state index in [0.717, 1.165) is 11.1 Å². The first-order valence-corrected chi connectivity index (χ1v) is 7.87. The minimum Gasteiger partial charge on any atom is -0.478 e. The second-order valence-corrected chi connectivity index (χ2v) is 6.76. The van der Waals surface area contributed by atoms with Crippen molar-refractivity contribution in [1.29, 1.82) is 0 Å². The lowest BCUT2D eigenvalue weighted by molar-refractivity contribution is -0.131. The van der Waals surface area contributed by atoms with Crippen molar-refractivity contribution in [2.45, 2.75) is 53.9 Å². The SMILES string of the molecule is CC1=C(/C=C/C(C)=C\C=[13CH]\[13C]([13CH3])=[13CH]/[13C](=O)O)C(C)(C)CCC1. The first-order valence-electron chi connectivity index (χ1n) is 7.87. The monoisotopic (exact) mass is 305 g/mol. The van der Waals surface area contributed by atoms with Gasteiger partial charge in [0.2, 0.25) is 0 Å². The van der Waals surface area contributed by atoms with Crippen molar-refractivity contribution < 1.29 is 9.90 Å². The second kappa shape index (κ2) is 7.98. The molecule has 0 atom stereocenters. The van der Waals surface area contributed by atoms with E-state index in [1.54, 1.807) is 13.0 Å². The number of aliphatic carboxylic acids is 1. The van der Waals surface area contributed by atoms with E-state index in [9.17, 15) is 4.79 Å². The fourth-order valence-electron chi connectivity index (χ4n) is 2.88. The molecule has 0 radical (unpaired) electrons. The Morgan fingerprint density at radius 3 is 2.45 bits per heavy atom. The summed E-state index contributed by atoms with van der Waals surface area (Å²) in [5.74, 6) is -0.912. The highest BCUT2D eigenvalue weighted by atomic mass is 16.5. The summed E-state index contributed by atoms with van der Waals surface area (Å²) in [5, 5.41) is 8.65. The van der Waals surface area contributed by atoms with Gasteiger partial charge in [0, 0.05) is 6.08 Å². The molecular formula is C20H28O2. The average Bonchev–Trinajstić information content (AvgIpc) is 2.36. The molecule has 1 N–H and O–H groups in total. The molecule has 0 aromatic carbocycles. The van der Waals surface area contributed by atoms with Crippen LogP contribution in [-0.2, 0) is 4.79 Å². The first kappa shape index (κ1) is 18.2. The van der Waals surface area contributed by atoms with Gasteiger partial charge >= 0.3 is 5.97 Å². The topological polar surface area (TPSA) is 37.3 Å². The molecule has 0 bridgehead atoms. The molecule has 0 unspecified atom stereocenters. The number of hydrogen-bond donors (Lipinski definition) is 1. The fourth-order valence-corrected chi connectivity index (χ4v) is 2.88.